The van der Waals surface area contributed by atoms with Gasteiger partial charge in [-0.3, -0.25) is 10.1 Å². The summed E-state index contributed by atoms with van der Waals surface area (Å²) in [5.41, 5.74) is 4.11. The Labute approximate surface area is 206 Å². The summed E-state index contributed by atoms with van der Waals surface area (Å²) in [6.45, 7) is 0.659. The van der Waals surface area contributed by atoms with Crippen molar-refractivity contribution in [2.45, 2.75) is 13.2 Å². The van der Waals surface area contributed by atoms with Crippen LogP contribution in [0.4, 0.5) is 5.69 Å². The second kappa shape index (κ2) is 9.98. The van der Waals surface area contributed by atoms with Crippen molar-refractivity contribution < 1.29 is 9.66 Å². The summed E-state index contributed by atoms with van der Waals surface area (Å²) < 4.78 is 9.29. The van der Waals surface area contributed by atoms with Crippen LogP contribution in [-0.4, -0.2) is 14.5 Å². The van der Waals surface area contributed by atoms with Gasteiger partial charge in [0.2, 0.25) is 0 Å². The highest BCUT2D eigenvalue weighted by molar-refractivity contribution is 9.11. The molecular weight excluding hydrogens is 552 g/mol. The molecule has 7 nitrogen and oxygen atoms in total. The zero-order valence-corrected chi connectivity index (χ0v) is 20.3. The largest absolute Gasteiger partial charge is 0.487 e. The maximum absolute atomic E-state index is 10.8. The van der Waals surface area contributed by atoms with E-state index in [0.29, 0.717) is 17.9 Å². The highest BCUT2D eigenvalue weighted by Gasteiger charge is 2.11. The van der Waals surface area contributed by atoms with Gasteiger partial charge in [-0.25, -0.2) is 4.98 Å². The topological polar surface area (TPSA) is 94.0 Å². The van der Waals surface area contributed by atoms with Crippen molar-refractivity contribution in [2.75, 3.05) is 0 Å². The third kappa shape index (κ3) is 5.30. The van der Waals surface area contributed by atoms with Gasteiger partial charge in [-0.2, -0.15) is 5.26 Å². The van der Waals surface area contributed by atoms with E-state index in [1.807, 2.05) is 47.0 Å². The summed E-state index contributed by atoms with van der Waals surface area (Å²) in [6.07, 6.45) is 3.56. The molecule has 0 aliphatic heterocycles. The Morgan fingerprint density at radius 2 is 1.85 bits per heavy atom. The van der Waals surface area contributed by atoms with Crippen LogP contribution in [0.25, 0.3) is 17.1 Å². The molecule has 0 bridgehead atoms. The molecule has 0 N–H and O–H groups in total. The van der Waals surface area contributed by atoms with E-state index < -0.39 is 4.92 Å². The fourth-order valence-electron chi connectivity index (χ4n) is 3.30. The summed E-state index contributed by atoms with van der Waals surface area (Å²) >= 11 is 7.07. The predicted molar refractivity (Wildman–Crippen MR) is 133 cm³/mol. The second-order valence-electron chi connectivity index (χ2n) is 7.17. The van der Waals surface area contributed by atoms with Crippen LogP contribution < -0.4 is 4.74 Å². The minimum Gasteiger partial charge on any atom is -0.487 e. The highest BCUT2D eigenvalue weighted by atomic mass is 79.9. The lowest BCUT2D eigenvalue weighted by Crippen LogP contribution is -1.99. The van der Waals surface area contributed by atoms with Gasteiger partial charge >= 0.3 is 0 Å². The van der Waals surface area contributed by atoms with Gasteiger partial charge in [-0.15, -0.1) is 0 Å². The van der Waals surface area contributed by atoms with Gasteiger partial charge in [0, 0.05) is 17.7 Å². The third-order valence-corrected chi connectivity index (χ3v) is 6.08. The van der Waals surface area contributed by atoms with E-state index in [4.69, 9.17) is 4.74 Å². The Bertz CT molecular complexity index is 1380. The Morgan fingerprint density at radius 3 is 2.52 bits per heavy atom. The first kappa shape index (κ1) is 22.7. The molecule has 0 saturated carbocycles. The zero-order valence-electron chi connectivity index (χ0n) is 17.1. The van der Waals surface area contributed by atoms with Crippen LogP contribution in [0.5, 0.6) is 5.75 Å². The zero-order chi connectivity index (χ0) is 23.4. The summed E-state index contributed by atoms with van der Waals surface area (Å²) in [5.74, 6) is 0.601. The van der Waals surface area contributed by atoms with Crippen LogP contribution in [-0.2, 0) is 13.2 Å². The lowest BCUT2D eigenvalue weighted by Gasteiger charge is -2.12. The van der Waals surface area contributed by atoms with E-state index in [1.165, 1.54) is 12.1 Å². The molecule has 0 aliphatic rings. The van der Waals surface area contributed by atoms with Crippen LogP contribution in [0.1, 0.15) is 11.1 Å². The van der Waals surface area contributed by atoms with Crippen LogP contribution in [0.2, 0.25) is 0 Å². The lowest BCUT2D eigenvalue weighted by atomic mass is 10.1. The van der Waals surface area contributed by atoms with Crippen molar-refractivity contribution in [3.05, 3.63) is 103 Å². The molecule has 1 heterocycles. The molecule has 0 fully saturated rings. The number of nitrogens with zero attached hydrogens (tertiary/aromatic N) is 4. The number of rotatable bonds is 7. The van der Waals surface area contributed by atoms with Crippen molar-refractivity contribution >= 4 is 54.7 Å². The van der Waals surface area contributed by atoms with Crippen molar-refractivity contribution in [1.82, 2.24) is 9.55 Å². The molecular formula is C24H16Br2N4O3. The number of nitro benzene ring substituents is 1. The molecule has 4 aromatic rings. The maximum atomic E-state index is 10.8. The number of allylic oxidation sites excluding steroid dienone is 1. The fraction of sp³-hybridized carbons (Fsp3) is 0.0833. The number of nitriles is 1. The first-order valence-electron chi connectivity index (χ1n) is 9.80. The number of aromatic nitrogens is 2. The highest BCUT2D eigenvalue weighted by Crippen LogP contribution is 2.36. The third-order valence-electron chi connectivity index (χ3n) is 4.90. The number of para-hydroxylation sites is 2. The number of nitro groups is 1. The molecule has 0 atom stereocenters. The SMILES string of the molecule is N#C/C(=C/c1cc(Br)c(OCc2ccc([N+](=O)[O-])cc2)c(Br)c1)Cn1cnc2ccccc21. The van der Waals surface area contributed by atoms with E-state index in [1.54, 1.807) is 18.5 Å². The summed E-state index contributed by atoms with van der Waals surface area (Å²) in [7, 11) is 0. The maximum Gasteiger partial charge on any atom is 0.269 e. The van der Waals surface area contributed by atoms with Crippen LogP contribution in [0.3, 0.4) is 0 Å². The first-order valence-corrected chi connectivity index (χ1v) is 11.4. The number of hydrogen-bond acceptors (Lipinski definition) is 5. The summed E-state index contributed by atoms with van der Waals surface area (Å²) in [5, 5.41) is 20.5. The number of imidazole rings is 1. The average Bonchev–Trinajstić information content (AvgIpc) is 3.21. The molecule has 33 heavy (non-hydrogen) atoms. The van der Waals surface area contributed by atoms with E-state index in [9.17, 15) is 15.4 Å². The first-order chi connectivity index (χ1) is 15.9. The molecule has 0 saturated heterocycles. The molecule has 4 rings (SSSR count). The number of ether oxygens (including phenoxy) is 1. The van der Waals surface area contributed by atoms with Crippen molar-refractivity contribution in [3.8, 4) is 11.8 Å². The minimum absolute atomic E-state index is 0.0363. The van der Waals surface area contributed by atoms with Crippen LogP contribution >= 0.6 is 31.9 Å². The van der Waals surface area contributed by atoms with E-state index in [-0.39, 0.29) is 12.3 Å². The van der Waals surface area contributed by atoms with E-state index >= 15 is 0 Å². The van der Waals surface area contributed by atoms with E-state index in [2.05, 4.69) is 42.9 Å². The smallest absolute Gasteiger partial charge is 0.269 e. The molecule has 1 aromatic heterocycles. The van der Waals surface area contributed by atoms with Gasteiger partial charge in [0.25, 0.3) is 5.69 Å². The summed E-state index contributed by atoms with van der Waals surface area (Å²) in [6, 6.07) is 20.0. The molecule has 0 amide bonds. The number of halogens is 2. The number of benzene rings is 3. The monoisotopic (exact) mass is 566 g/mol. The molecule has 9 heteroatoms. The van der Waals surface area contributed by atoms with Crippen molar-refractivity contribution in [3.63, 3.8) is 0 Å². The molecule has 0 aliphatic carbocycles. The molecule has 0 unspecified atom stereocenters. The normalized spacial score (nSPS) is 11.4. The Kier molecular flexibility index (Phi) is 6.87. The quantitative estimate of drug-likeness (QED) is 0.141. The number of fused-ring (bicyclic) bond motifs is 1. The van der Waals surface area contributed by atoms with Gasteiger partial charge in [0.15, 0.2) is 0 Å². The minimum atomic E-state index is -0.436. The summed E-state index contributed by atoms with van der Waals surface area (Å²) in [4.78, 5) is 14.7. The fourth-order valence-corrected chi connectivity index (χ4v) is 4.76. The van der Waals surface area contributed by atoms with Crippen molar-refractivity contribution in [2.24, 2.45) is 0 Å². The Hall–Kier alpha value is -3.48. The number of non-ortho nitro benzene ring substituents is 1. The lowest BCUT2D eigenvalue weighted by molar-refractivity contribution is -0.384. The van der Waals surface area contributed by atoms with Crippen LogP contribution in [0.15, 0.2) is 81.5 Å². The number of hydrogen-bond donors (Lipinski definition) is 0. The van der Waals surface area contributed by atoms with Gasteiger partial charge in [-0.1, -0.05) is 12.1 Å². The van der Waals surface area contributed by atoms with Gasteiger partial charge in [-0.05, 0) is 85.5 Å². The Balaban J connectivity index is 1.51. The van der Waals surface area contributed by atoms with Gasteiger partial charge in [0.1, 0.15) is 12.4 Å². The molecule has 0 radical (unpaired) electrons. The van der Waals surface area contributed by atoms with E-state index in [0.717, 1.165) is 31.1 Å². The van der Waals surface area contributed by atoms with Crippen molar-refractivity contribution in [1.29, 1.82) is 5.26 Å². The van der Waals surface area contributed by atoms with Gasteiger partial charge in [0.05, 0.1) is 43.8 Å². The molecule has 3 aromatic carbocycles. The Morgan fingerprint density at radius 1 is 1.15 bits per heavy atom. The average molecular weight is 568 g/mol. The molecule has 164 valence electrons. The predicted octanol–water partition coefficient (Wildman–Crippen LogP) is 6.66. The second-order valence-corrected chi connectivity index (χ2v) is 8.88. The van der Waals surface area contributed by atoms with Crippen LogP contribution in [0, 0.1) is 21.4 Å². The molecule has 0 spiro atoms. The standard InChI is InChI=1S/C24H16Br2N4O3/c25-20-10-17(9-18(12-27)13-29-15-28-22-3-1-2-4-23(22)29)11-21(26)24(20)33-14-16-5-7-19(8-6-16)30(31)32/h1-11,15H,13-14H2/b18-9-. The van der Waals surface area contributed by atoms with Gasteiger partial charge < -0.3 is 9.30 Å².